The number of nitrogens with one attached hydrogen (secondary N) is 2. The first-order valence-electron chi connectivity index (χ1n) is 10.9. The van der Waals surface area contributed by atoms with Crippen molar-refractivity contribution in [2.45, 2.75) is 6.54 Å². The molecule has 2 aromatic carbocycles. The van der Waals surface area contributed by atoms with Crippen molar-refractivity contribution in [1.29, 1.82) is 0 Å². The van der Waals surface area contributed by atoms with E-state index in [0.717, 1.165) is 10.1 Å². The van der Waals surface area contributed by atoms with Gasteiger partial charge in [0.05, 0.1) is 30.7 Å². The third-order valence-corrected chi connectivity index (χ3v) is 5.77. The van der Waals surface area contributed by atoms with Crippen molar-refractivity contribution >= 4 is 34.1 Å². The van der Waals surface area contributed by atoms with E-state index in [2.05, 4.69) is 15.3 Å². The summed E-state index contributed by atoms with van der Waals surface area (Å²) in [7, 11) is 6.38. The molecular formula is C25H24ClN5O5. The van der Waals surface area contributed by atoms with Gasteiger partial charge in [-0.15, -0.1) is 0 Å². The van der Waals surface area contributed by atoms with E-state index in [4.69, 9.17) is 21.1 Å². The molecule has 2 heterocycles. The highest BCUT2D eigenvalue weighted by atomic mass is 35.5. The zero-order chi connectivity index (χ0) is 26.0. The Morgan fingerprint density at radius 1 is 1.11 bits per heavy atom. The maximum absolute atomic E-state index is 13.4. The molecule has 0 unspecified atom stereocenters. The molecule has 0 bridgehead atoms. The zero-order valence-electron chi connectivity index (χ0n) is 20.1. The van der Waals surface area contributed by atoms with Gasteiger partial charge in [0.25, 0.3) is 17.3 Å². The summed E-state index contributed by atoms with van der Waals surface area (Å²) in [4.78, 5) is 48.0. The van der Waals surface area contributed by atoms with Crippen LogP contribution in [0.1, 0.15) is 15.9 Å². The molecule has 0 radical (unpaired) electrons. The predicted molar refractivity (Wildman–Crippen MR) is 138 cm³/mol. The minimum atomic E-state index is -0.713. The largest absolute Gasteiger partial charge is 0.491 e. The lowest BCUT2D eigenvalue weighted by Crippen LogP contribution is -2.34. The smallest absolute Gasteiger partial charge is 0.334 e. The number of rotatable bonds is 7. The van der Waals surface area contributed by atoms with Gasteiger partial charge in [0.1, 0.15) is 5.82 Å². The summed E-state index contributed by atoms with van der Waals surface area (Å²) >= 11 is 6.03. The molecule has 0 saturated carbocycles. The number of pyridine rings is 1. The summed E-state index contributed by atoms with van der Waals surface area (Å²) in [6.45, 7) is 0.257. The van der Waals surface area contributed by atoms with Gasteiger partial charge in [-0.3, -0.25) is 9.59 Å². The maximum Gasteiger partial charge on any atom is 0.334 e. The molecule has 0 aliphatic heterocycles. The molecule has 10 nitrogen and oxygen atoms in total. The van der Waals surface area contributed by atoms with Gasteiger partial charge in [-0.05, 0) is 42.0 Å². The van der Waals surface area contributed by atoms with Crippen LogP contribution in [0.15, 0.2) is 58.1 Å². The standard InChI is InChI=1S/C25H24ClN5O5/c1-30(2)19-12-16-18(11-17(19)22(32)27-13-14-6-5-7-15(26)10-14)28-25(34)31(24(16)33)21-9-8-20(35-3)23(29-21)36-4/h5-12H,13H2,1-4H3,(H,27,32)(H,28,34). The van der Waals surface area contributed by atoms with E-state index in [9.17, 15) is 14.4 Å². The van der Waals surface area contributed by atoms with Crippen molar-refractivity contribution in [1.82, 2.24) is 19.9 Å². The molecule has 0 aliphatic rings. The summed E-state index contributed by atoms with van der Waals surface area (Å²) in [5, 5.41) is 3.64. The Kier molecular flexibility index (Phi) is 6.98. The molecule has 1 amide bonds. The van der Waals surface area contributed by atoms with Crippen molar-refractivity contribution in [2.24, 2.45) is 0 Å². The number of H-pyrrole nitrogens is 1. The first-order chi connectivity index (χ1) is 17.2. The first-order valence-corrected chi connectivity index (χ1v) is 11.2. The van der Waals surface area contributed by atoms with Crippen LogP contribution in [0.4, 0.5) is 5.69 Å². The molecular weight excluding hydrogens is 486 g/mol. The number of fused-ring (bicyclic) bond motifs is 1. The van der Waals surface area contributed by atoms with Crippen LogP contribution in [0.3, 0.4) is 0 Å². The molecule has 0 spiro atoms. The Morgan fingerprint density at radius 3 is 2.56 bits per heavy atom. The van der Waals surface area contributed by atoms with Crippen molar-refractivity contribution in [3.8, 4) is 17.4 Å². The van der Waals surface area contributed by atoms with Crippen LogP contribution in [-0.2, 0) is 6.54 Å². The molecule has 2 N–H and O–H groups in total. The first kappa shape index (κ1) is 24.8. The highest BCUT2D eigenvalue weighted by molar-refractivity contribution is 6.30. The van der Waals surface area contributed by atoms with Gasteiger partial charge in [0.15, 0.2) is 5.75 Å². The van der Waals surface area contributed by atoms with Gasteiger partial charge in [-0.1, -0.05) is 23.7 Å². The average Bonchev–Trinajstić information content (AvgIpc) is 2.86. The Bertz CT molecular complexity index is 1580. The van der Waals surface area contributed by atoms with Gasteiger partial charge in [0.2, 0.25) is 0 Å². The number of ether oxygens (including phenoxy) is 2. The SMILES string of the molecule is COc1ccc(-n2c(=O)[nH]c3cc(C(=O)NCc4cccc(Cl)c4)c(N(C)C)cc3c2=O)nc1OC. The number of hydrogen-bond acceptors (Lipinski definition) is 7. The van der Waals surface area contributed by atoms with Gasteiger partial charge in [0, 0.05) is 31.4 Å². The number of benzene rings is 2. The summed E-state index contributed by atoms with van der Waals surface area (Å²) in [6, 6.07) is 13.3. The fourth-order valence-electron chi connectivity index (χ4n) is 3.78. The van der Waals surface area contributed by atoms with Crippen LogP contribution in [0.5, 0.6) is 11.6 Å². The maximum atomic E-state index is 13.4. The topological polar surface area (TPSA) is 119 Å². The molecule has 0 fully saturated rings. The highest BCUT2D eigenvalue weighted by Gasteiger charge is 2.19. The molecule has 4 rings (SSSR count). The Labute approximate surface area is 211 Å². The Hall–Kier alpha value is -4.31. The molecule has 186 valence electrons. The number of carbonyl (C=O) groups is 1. The second-order valence-electron chi connectivity index (χ2n) is 8.07. The molecule has 0 atom stereocenters. The third kappa shape index (κ3) is 4.76. The number of methoxy groups -OCH3 is 2. The van der Waals surface area contributed by atoms with Crippen molar-refractivity contribution in [2.75, 3.05) is 33.2 Å². The van der Waals surface area contributed by atoms with Crippen molar-refractivity contribution in [3.63, 3.8) is 0 Å². The number of carbonyl (C=O) groups excluding carboxylic acids is 1. The van der Waals surface area contributed by atoms with E-state index in [1.807, 2.05) is 6.07 Å². The summed E-state index contributed by atoms with van der Waals surface area (Å²) in [5.74, 6) is 0.180. The monoisotopic (exact) mass is 509 g/mol. The average molecular weight is 510 g/mol. The lowest BCUT2D eigenvalue weighted by atomic mass is 10.1. The predicted octanol–water partition coefficient (Wildman–Crippen LogP) is 2.74. The zero-order valence-corrected chi connectivity index (χ0v) is 20.8. The fraction of sp³-hybridized carbons (Fsp3) is 0.200. The summed E-state index contributed by atoms with van der Waals surface area (Å²) in [5.41, 5.74) is 0.549. The minimum absolute atomic E-state index is 0.0653. The minimum Gasteiger partial charge on any atom is -0.491 e. The van der Waals surface area contributed by atoms with Gasteiger partial charge in [-0.2, -0.15) is 4.98 Å². The van der Waals surface area contributed by atoms with Crippen LogP contribution in [-0.4, -0.2) is 48.8 Å². The molecule has 11 heteroatoms. The molecule has 36 heavy (non-hydrogen) atoms. The number of hydrogen-bond donors (Lipinski definition) is 2. The summed E-state index contributed by atoms with van der Waals surface area (Å²) in [6.07, 6.45) is 0. The molecule has 2 aromatic heterocycles. The van der Waals surface area contributed by atoms with Crippen LogP contribution < -0.4 is 30.9 Å². The lowest BCUT2D eigenvalue weighted by molar-refractivity contribution is 0.0951. The number of amides is 1. The van der Waals surface area contributed by atoms with Gasteiger partial charge < -0.3 is 24.7 Å². The highest BCUT2D eigenvalue weighted by Crippen LogP contribution is 2.26. The molecule has 0 saturated heterocycles. The van der Waals surface area contributed by atoms with Crippen LogP contribution in [0, 0.1) is 0 Å². The number of nitrogens with zero attached hydrogens (tertiary/aromatic N) is 3. The normalized spacial score (nSPS) is 10.8. The number of anilines is 1. The number of aromatic nitrogens is 3. The Balaban J connectivity index is 1.79. The number of aromatic amines is 1. The third-order valence-electron chi connectivity index (χ3n) is 5.54. The lowest BCUT2D eigenvalue weighted by Gasteiger charge is -2.18. The van der Waals surface area contributed by atoms with Gasteiger partial charge >= 0.3 is 5.69 Å². The fourth-order valence-corrected chi connectivity index (χ4v) is 3.99. The van der Waals surface area contributed by atoms with Gasteiger partial charge in [-0.25, -0.2) is 9.36 Å². The van der Waals surface area contributed by atoms with Crippen LogP contribution in [0.25, 0.3) is 16.7 Å². The van der Waals surface area contributed by atoms with E-state index in [-0.39, 0.29) is 35.1 Å². The quantitative estimate of drug-likeness (QED) is 0.393. The van der Waals surface area contributed by atoms with Crippen molar-refractivity contribution in [3.05, 3.63) is 85.5 Å². The summed E-state index contributed by atoms with van der Waals surface area (Å²) < 4.78 is 11.3. The Morgan fingerprint density at radius 2 is 1.89 bits per heavy atom. The van der Waals surface area contributed by atoms with Crippen LogP contribution in [0.2, 0.25) is 5.02 Å². The number of halogens is 1. The van der Waals surface area contributed by atoms with E-state index in [0.29, 0.717) is 22.0 Å². The van der Waals surface area contributed by atoms with E-state index >= 15 is 0 Å². The second-order valence-corrected chi connectivity index (χ2v) is 8.51. The second kappa shape index (κ2) is 10.1. The van der Waals surface area contributed by atoms with E-state index in [1.165, 1.54) is 26.4 Å². The van der Waals surface area contributed by atoms with E-state index in [1.54, 1.807) is 49.3 Å². The molecule has 0 aliphatic carbocycles. The van der Waals surface area contributed by atoms with Crippen molar-refractivity contribution < 1.29 is 14.3 Å². The molecule has 4 aromatic rings. The van der Waals surface area contributed by atoms with Crippen LogP contribution >= 0.6 is 11.6 Å². The van der Waals surface area contributed by atoms with E-state index < -0.39 is 11.2 Å².